The Morgan fingerprint density at radius 2 is 1.26 bits per heavy atom. The number of piperidine rings is 1. The SMILES string of the molecule is CC[C@H](C)[C@@H]1NC(=O)[C@H](CC(C)C)N(C)C(=O)C[C@@H](C(=O)N2CCCCC2)N(C)C(=O)[C@H](CC(C)C)NC(=O)C(C)(C)N(C)C(=O)[C@H](Cc2ccccc2OC(F)(F)F)NC(=O)[C@H](Cc2cccc(I)c2)NC(=O)CN(C)C(=O)[C@H](Cc2ccc(C)cc2)N(C)C(=O)C2CCN2C(=O)[C@H](C)N(C)C1=O. The second-order valence-corrected chi connectivity index (χ2v) is 30.6. The van der Waals surface area contributed by atoms with Gasteiger partial charge in [0.2, 0.25) is 70.9 Å². The van der Waals surface area contributed by atoms with Crippen LogP contribution >= 0.6 is 22.6 Å². The number of aryl methyl sites for hydroxylation is 1. The number of likely N-dealkylation sites (N-methyl/N-ethyl adjacent to an activating group) is 6. The minimum Gasteiger partial charge on any atom is -0.406 e. The highest BCUT2D eigenvalue weighted by Gasteiger charge is 2.48. The highest BCUT2D eigenvalue weighted by atomic mass is 127. The summed E-state index contributed by atoms with van der Waals surface area (Å²) < 4.78 is 47.4. The number of benzene rings is 3. The fraction of sp³-hybridized carbons (Fsp3) is 0.600. The molecule has 3 heterocycles. The van der Waals surface area contributed by atoms with E-state index in [2.05, 4.69) is 48.6 Å². The maximum atomic E-state index is 15.4. The molecule has 29 heteroatoms. The monoisotopic (exact) mass is 1570 g/mol. The van der Waals surface area contributed by atoms with Crippen molar-refractivity contribution in [2.45, 2.75) is 206 Å². The van der Waals surface area contributed by atoms with E-state index in [1.165, 1.54) is 101 Å². The van der Waals surface area contributed by atoms with Gasteiger partial charge < -0.3 is 65.2 Å². The highest BCUT2D eigenvalue weighted by Crippen LogP contribution is 2.30. The van der Waals surface area contributed by atoms with E-state index in [0.717, 1.165) is 36.3 Å². The molecule has 3 fully saturated rings. The fourth-order valence-corrected chi connectivity index (χ4v) is 13.6. The molecule has 0 aromatic heterocycles. The number of para-hydroxylation sites is 1. The molecule has 0 aliphatic carbocycles. The molecule has 3 aliphatic rings. The van der Waals surface area contributed by atoms with Crippen molar-refractivity contribution in [2.24, 2.45) is 17.8 Å². The van der Waals surface area contributed by atoms with Gasteiger partial charge in [0, 0.05) is 84.8 Å². The number of halogens is 4. The predicted molar refractivity (Wildman–Crippen MR) is 392 cm³/mol. The Hall–Kier alpha value is -8.38. The van der Waals surface area contributed by atoms with Crippen molar-refractivity contribution in [1.29, 1.82) is 0 Å². The van der Waals surface area contributed by atoms with Crippen LogP contribution in [0.15, 0.2) is 72.8 Å². The number of hydrogen-bond donors (Lipinski definition) is 4. The lowest BCUT2D eigenvalue weighted by molar-refractivity contribution is -0.275. The summed E-state index contributed by atoms with van der Waals surface area (Å²) in [5.41, 5.74) is -0.110. The molecule has 10 atom stereocenters. The third kappa shape index (κ3) is 22.1. The van der Waals surface area contributed by atoms with Crippen LogP contribution in [0.1, 0.15) is 136 Å². The van der Waals surface area contributed by atoms with Gasteiger partial charge in [-0.05, 0) is 141 Å². The lowest BCUT2D eigenvalue weighted by atomic mass is 9.94. The maximum absolute atomic E-state index is 15.4. The summed E-state index contributed by atoms with van der Waals surface area (Å²) in [6.45, 7) is 16.9. The zero-order valence-corrected chi connectivity index (χ0v) is 65.0. The van der Waals surface area contributed by atoms with Crippen LogP contribution in [0.3, 0.4) is 0 Å². The van der Waals surface area contributed by atoms with E-state index in [1.54, 1.807) is 62.1 Å². The third-order valence-corrected chi connectivity index (χ3v) is 21.0. The average Bonchev–Trinajstić information content (AvgIpc) is 0.777. The van der Waals surface area contributed by atoms with E-state index in [4.69, 9.17) is 0 Å². The van der Waals surface area contributed by atoms with Crippen molar-refractivity contribution in [2.75, 3.05) is 68.5 Å². The summed E-state index contributed by atoms with van der Waals surface area (Å²) in [6, 6.07) is 6.65. The van der Waals surface area contributed by atoms with Crippen LogP contribution < -0.4 is 26.0 Å². The van der Waals surface area contributed by atoms with Gasteiger partial charge in [0.15, 0.2) is 0 Å². The van der Waals surface area contributed by atoms with Gasteiger partial charge in [0.1, 0.15) is 65.7 Å². The number of likely N-dealkylation sites (tertiary alicyclic amines) is 1. The van der Waals surface area contributed by atoms with E-state index in [0.29, 0.717) is 43.5 Å². The van der Waals surface area contributed by atoms with E-state index < -0.39 is 168 Å². The van der Waals surface area contributed by atoms with Crippen LogP contribution in [0, 0.1) is 28.2 Å². The summed E-state index contributed by atoms with van der Waals surface area (Å²) in [5, 5.41) is 11.1. The molecule has 12 amide bonds. The first kappa shape index (κ1) is 84.6. The highest BCUT2D eigenvalue weighted by molar-refractivity contribution is 14.1. The molecule has 3 aromatic rings. The van der Waals surface area contributed by atoms with Crippen LogP contribution in [0.25, 0.3) is 0 Å². The first-order chi connectivity index (χ1) is 48.7. The molecular formula is C75H106F3IN12O13. The molecule has 0 radical (unpaired) electrons. The van der Waals surface area contributed by atoms with Gasteiger partial charge in [-0.15, -0.1) is 13.2 Å². The van der Waals surface area contributed by atoms with Gasteiger partial charge in [-0.2, -0.15) is 0 Å². The summed E-state index contributed by atoms with van der Waals surface area (Å²) >= 11 is 2.06. The van der Waals surface area contributed by atoms with Gasteiger partial charge in [-0.3, -0.25) is 57.5 Å². The van der Waals surface area contributed by atoms with Crippen molar-refractivity contribution in [3.05, 3.63) is 98.6 Å². The first-order valence-electron chi connectivity index (χ1n) is 35.7. The number of amides is 12. The summed E-state index contributed by atoms with van der Waals surface area (Å²) in [4.78, 5) is 190. The lowest BCUT2D eigenvalue weighted by Gasteiger charge is -2.45. The molecule has 1 unspecified atom stereocenters. The van der Waals surface area contributed by atoms with E-state index >= 15 is 28.8 Å². The van der Waals surface area contributed by atoms with Gasteiger partial charge in [-0.1, -0.05) is 108 Å². The Labute approximate surface area is 622 Å². The Kier molecular flexibility index (Phi) is 30.1. The topological polar surface area (TPSA) is 288 Å². The largest absolute Gasteiger partial charge is 0.573 e. The van der Waals surface area contributed by atoms with Crippen LogP contribution in [-0.2, 0) is 76.8 Å². The third-order valence-electron chi connectivity index (χ3n) is 20.3. The number of carbonyl (C=O) groups excluding carboxylic acids is 12. The first-order valence-corrected chi connectivity index (χ1v) is 36.8. The number of nitrogens with zero attached hydrogens (tertiary/aromatic N) is 8. The Bertz CT molecular complexity index is 3590. The van der Waals surface area contributed by atoms with Gasteiger partial charge in [0.05, 0.1) is 13.0 Å². The number of fused-ring (bicyclic) bond motifs is 1. The summed E-state index contributed by atoms with van der Waals surface area (Å²) in [5.74, 6) is -11.0. The molecular weight excluding hydrogens is 1460 g/mol. The zero-order chi connectivity index (χ0) is 77.6. The van der Waals surface area contributed by atoms with Crippen LogP contribution in [0.4, 0.5) is 13.2 Å². The molecule has 104 heavy (non-hydrogen) atoms. The number of nitrogens with one attached hydrogen (secondary N) is 4. The van der Waals surface area contributed by atoms with Crippen molar-refractivity contribution < 1.29 is 75.4 Å². The predicted octanol–water partition coefficient (Wildman–Crippen LogP) is 5.64. The standard InChI is InChI=1S/C75H106F3IN12O13/c1-17-47(7)63-72(102)85(12)48(8)66(96)91-35-32-56(91)70(100)88(15)58(40-49-30-28-46(6)29-31-49)69(99)84(11)43-61(92)80-53(39-50-24-23-26-52(79)38-50)64(94)81-55(41-51-25-19-20-27-60(51)104-75(76,77)78)68(98)89(16)74(9,10)73(103)82-54(36-44(2)3)67(97)87(14)59(71(101)90-33-21-18-22-34-90)42-62(93)86(13)57(37-45(4)5)65(95)83-63/h19-20,23-31,38,44-45,47-48,53-59,63H,17-18,21-22,32-37,39-43H2,1-16H3,(H,80,92)(H,81,94)(H,82,103)(H,83,95)/t47-,48-,53-,54-,55-,56?,57-,58-,59-,63-/m0/s1. The zero-order valence-electron chi connectivity index (χ0n) is 62.9. The number of alkyl halides is 3. The molecule has 25 nitrogen and oxygen atoms in total. The smallest absolute Gasteiger partial charge is 0.406 e. The Morgan fingerprint density at radius 3 is 1.85 bits per heavy atom. The second kappa shape index (κ2) is 37.0. The maximum Gasteiger partial charge on any atom is 0.573 e. The number of rotatable bonds is 14. The fourth-order valence-electron chi connectivity index (χ4n) is 13.0. The van der Waals surface area contributed by atoms with Gasteiger partial charge in [-0.25, -0.2) is 0 Å². The molecule has 572 valence electrons. The van der Waals surface area contributed by atoms with Gasteiger partial charge in [0.25, 0.3) is 0 Å². The molecule has 0 bridgehead atoms. The second-order valence-electron chi connectivity index (χ2n) is 29.4. The molecule has 0 spiro atoms. The normalized spacial score (nSPS) is 24.8. The minimum absolute atomic E-state index is 0.0360. The molecule has 6 rings (SSSR count). The van der Waals surface area contributed by atoms with E-state index in [-0.39, 0.29) is 56.0 Å². The van der Waals surface area contributed by atoms with E-state index in [1.807, 2.05) is 39.8 Å². The molecule has 4 N–H and O–H groups in total. The van der Waals surface area contributed by atoms with Crippen molar-refractivity contribution in [3.63, 3.8) is 0 Å². The molecule has 3 saturated heterocycles. The van der Waals surface area contributed by atoms with Crippen LogP contribution in [0.2, 0.25) is 0 Å². The average molecular weight is 1570 g/mol. The Balaban J connectivity index is 1.49. The molecule has 3 aromatic carbocycles. The lowest BCUT2D eigenvalue weighted by Crippen LogP contribution is -2.65. The summed E-state index contributed by atoms with van der Waals surface area (Å²) in [6.07, 6.45) is -4.10. The molecule has 3 aliphatic heterocycles. The van der Waals surface area contributed by atoms with Crippen molar-refractivity contribution >= 4 is 93.5 Å². The number of ether oxygens (including phenoxy) is 1. The number of hydrogen-bond acceptors (Lipinski definition) is 13. The van der Waals surface area contributed by atoms with Crippen LogP contribution in [0.5, 0.6) is 5.75 Å². The van der Waals surface area contributed by atoms with Crippen molar-refractivity contribution in [1.82, 2.24) is 60.5 Å². The summed E-state index contributed by atoms with van der Waals surface area (Å²) in [7, 11) is 8.11. The van der Waals surface area contributed by atoms with Crippen molar-refractivity contribution in [3.8, 4) is 5.75 Å². The quantitative estimate of drug-likeness (QED) is 0.142. The number of carbonyl (C=O) groups is 12. The Morgan fingerprint density at radius 1 is 0.625 bits per heavy atom. The molecule has 0 saturated carbocycles. The van der Waals surface area contributed by atoms with Gasteiger partial charge >= 0.3 is 6.36 Å². The minimum atomic E-state index is -5.21. The van der Waals surface area contributed by atoms with E-state index in [9.17, 15) is 41.9 Å². The van der Waals surface area contributed by atoms with Crippen LogP contribution in [-0.4, -0.2) is 245 Å².